The zero-order valence-electron chi connectivity index (χ0n) is 12.5. The predicted molar refractivity (Wildman–Crippen MR) is 86.8 cm³/mol. The topological polar surface area (TPSA) is 49.0 Å². The smallest absolute Gasteiger partial charge is 0.223 e. The van der Waals surface area contributed by atoms with Crippen LogP contribution in [0.25, 0.3) is 0 Å². The molecule has 2 heterocycles. The molecule has 5 heteroatoms. The second-order valence-electron chi connectivity index (χ2n) is 5.76. The number of hydrogen-bond donors (Lipinski definition) is 1. The quantitative estimate of drug-likeness (QED) is 0.920. The fourth-order valence-electron chi connectivity index (χ4n) is 3.10. The van der Waals surface area contributed by atoms with Gasteiger partial charge in [-0.1, -0.05) is 29.8 Å². The van der Waals surface area contributed by atoms with Crippen molar-refractivity contribution in [3.63, 3.8) is 0 Å². The summed E-state index contributed by atoms with van der Waals surface area (Å²) in [4.78, 5) is 21.5. The van der Waals surface area contributed by atoms with Crippen molar-refractivity contribution in [1.29, 1.82) is 0 Å². The van der Waals surface area contributed by atoms with Gasteiger partial charge in [0, 0.05) is 35.9 Å². The summed E-state index contributed by atoms with van der Waals surface area (Å²) in [6, 6.07) is 8.17. The van der Waals surface area contributed by atoms with E-state index < -0.39 is 0 Å². The number of benzene rings is 1. The zero-order chi connectivity index (χ0) is 15.4. The van der Waals surface area contributed by atoms with Crippen LogP contribution in [0, 0.1) is 0 Å². The summed E-state index contributed by atoms with van der Waals surface area (Å²) in [5.41, 5.74) is 2.14. The molecule has 1 aliphatic heterocycles. The van der Waals surface area contributed by atoms with Crippen LogP contribution >= 0.6 is 11.6 Å². The molecule has 1 fully saturated rings. The lowest BCUT2D eigenvalue weighted by Gasteiger charge is -2.25. The van der Waals surface area contributed by atoms with Gasteiger partial charge in [-0.2, -0.15) is 0 Å². The number of imidazole rings is 1. The molecular formula is C17H20ClN3O. The van der Waals surface area contributed by atoms with Gasteiger partial charge in [-0.15, -0.1) is 0 Å². The molecule has 3 rings (SSSR count). The highest BCUT2D eigenvalue weighted by atomic mass is 35.5. The molecule has 4 nitrogen and oxygen atoms in total. The standard InChI is InChI=1S/C17H20ClN3O/c18-16-6-2-1-4-13(16)10-15-5-3-9-21(15)17(22)8-7-14-11-19-12-20-14/h1-2,4,6,11-12,15H,3,5,7-10H2,(H,19,20). The third kappa shape index (κ3) is 3.50. The number of nitrogens with zero attached hydrogens (tertiary/aromatic N) is 2. The third-order valence-corrected chi connectivity index (χ3v) is 4.64. The van der Waals surface area contributed by atoms with E-state index in [1.807, 2.05) is 29.2 Å². The minimum absolute atomic E-state index is 0.226. The average Bonchev–Trinajstić information content (AvgIpc) is 3.18. The Hall–Kier alpha value is -1.81. The van der Waals surface area contributed by atoms with Crippen molar-refractivity contribution >= 4 is 17.5 Å². The molecule has 0 aliphatic carbocycles. The van der Waals surface area contributed by atoms with Crippen LogP contribution in [0.3, 0.4) is 0 Å². The zero-order valence-corrected chi connectivity index (χ0v) is 13.2. The molecule has 1 aromatic heterocycles. The van der Waals surface area contributed by atoms with Gasteiger partial charge >= 0.3 is 0 Å². The molecule has 0 radical (unpaired) electrons. The predicted octanol–water partition coefficient (Wildman–Crippen LogP) is 3.23. The van der Waals surface area contributed by atoms with Gasteiger partial charge in [0.2, 0.25) is 5.91 Å². The van der Waals surface area contributed by atoms with Crippen molar-refractivity contribution < 1.29 is 4.79 Å². The summed E-state index contributed by atoms with van der Waals surface area (Å²) < 4.78 is 0. The molecule has 1 saturated heterocycles. The Bertz CT molecular complexity index is 627. The molecule has 0 saturated carbocycles. The Kier molecular flexibility index (Phi) is 4.78. The molecule has 22 heavy (non-hydrogen) atoms. The number of H-pyrrole nitrogens is 1. The number of carbonyl (C=O) groups excluding carboxylic acids is 1. The van der Waals surface area contributed by atoms with Gasteiger partial charge in [0.25, 0.3) is 0 Å². The SMILES string of the molecule is O=C(CCc1cnc[nH]1)N1CCCC1Cc1ccccc1Cl. The first-order valence-electron chi connectivity index (χ1n) is 7.74. The normalized spacial score (nSPS) is 17.9. The van der Waals surface area contributed by atoms with Crippen LogP contribution in [0.15, 0.2) is 36.8 Å². The maximum Gasteiger partial charge on any atom is 0.223 e. The molecule has 1 N–H and O–H groups in total. The van der Waals surface area contributed by atoms with Crippen LogP contribution in [-0.2, 0) is 17.6 Å². The number of aryl methyl sites for hydroxylation is 1. The first kappa shape index (κ1) is 15.1. The van der Waals surface area contributed by atoms with E-state index in [2.05, 4.69) is 9.97 Å². The molecule has 1 aliphatic rings. The van der Waals surface area contributed by atoms with Crippen LogP contribution < -0.4 is 0 Å². The van der Waals surface area contributed by atoms with Gasteiger partial charge in [-0.3, -0.25) is 4.79 Å². The third-order valence-electron chi connectivity index (χ3n) is 4.27. The van der Waals surface area contributed by atoms with Crippen molar-refractivity contribution in [3.8, 4) is 0 Å². The number of halogens is 1. The molecular weight excluding hydrogens is 298 g/mol. The molecule has 116 valence electrons. The van der Waals surface area contributed by atoms with Gasteiger partial charge in [0.15, 0.2) is 0 Å². The number of nitrogens with one attached hydrogen (secondary N) is 1. The van der Waals surface area contributed by atoms with E-state index in [0.29, 0.717) is 12.8 Å². The minimum Gasteiger partial charge on any atom is -0.348 e. The van der Waals surface area contributed by atoms with Crippen molar-refractivity contribution in [2.75, 3.05) is 6.54 Å². The molecule has 0 spiro atoms. The summed E-state index contributed by atoms with van der Waals surface area (Å²) in [5.74, 6) is 0.226. The maximum atomic E-state index is 12.5. The van der Waals surface area contributed by atoms with E-state index in [4.69, 9.17) is 11.6 Å². The van der Waals surface area contributed by atoms with Gasteiger partial charge in [0.1, 0.15) is 0 Å². The van der Waals surface area contributed by atoms with Crippen LogP contribution in [0.2, 0.25) is 5.02 Å². The van der Waals surface area contributed by atoms with E-state index in [1.54, 1.807) is 12.5 Å². The van der Waals surface area contributed by atoms with E-state index in [0.717, 1.165) is 42.1 Å². The van der Waals surface area contributed by atoms with E-state index >= 15 is 0 Å². The molecule has 1 unspecified atom stereocenters. The van der Waals surface area contributed by atoms with E-state index in [-0.39, 0.29) is 11.9 Å². The van der Waals surface area contributed by atoms with Crippen LogP contribution in [0.1, 0.15) is 30.5 Å². The highest BCUT2D eigenvalue weighted by Gasteiger charge is 2.28. The lowest BCUT2D eigenvalue weighted by Crippen LogP contribution is -2.37. The maximum absolute atomic E-state index is 12.5. The van der Waals surface area contributed by atoms with Crippen molar-refractivity contribution in [2.45, 2.75) is 38.1 Å². The Balaban J connectivity index is 1.60. The molecule has 0 bridgehead atoms. The van der Waals surface area contributed by atoms with Gasteiger partial charge in [0.05, 0.1) is 6.33 Å². The van der Waals surface area contributed by atoms with Gasteiger partial charge < -0.3 is 9.88 Å². The monoisotopic (exact) mass is 317 g/mol. The Morgan fingerprint density at radius 1 is 1.41 bits per heavy atom. The summed E-state index contributed by atoms with van der Waals surface area (Å²) in [5, 5.41) is 0.791. The second-order valence-corrected chi connectivity index (χ2v) is 6.16. The van der Waals surface area contributed by atoms with Gasteiger partial charge in [-0.25, -0.2) is 4.98 Å². The van der Waals surface area contributed by atoms with Crippen molar-refractivity contribution in [1.82, 2.24) is 14.9 Å². The fraction of sp³-hybridized carbons (Fsp3) is 0.412. The Labute approximate surface area is 135 Å². The number of aromatic amines is 1. The molecule has 1 aromatic carbocycles. The van der Waals surface area contributed by atoms with Crippen molar-refractivity contribution in [3.05, 3.63) is 53.1 Å². The van der Waals surface area contributed by atoms with Crippen LogP contribution in [0.4, 0.5) is 0 Å². The molecule has 1 amide bonds. The number of carbonyl (C=O) groups is 1. The van der Waals surface area contributed by atoms with Gasteiger partial charge in [-0.05, 0) is 37.3 Å². The first-order valence-corrected chi connectivity index (χ1v) is 8.12. The van der Waals surface area contributed by atoms with Crippen LogP contribution in [0.5, 0.6) is 0 Å². The summed E-state index contributed by atoms with van der Waals surface area (Å²) in [6.45, 7) is 0.858. The summed E-state index contributed by atoms with van der Waals surface area (Å²) in [7, 11) is 0. The van der Waals surface area contributed by atoms with E-state index in [1.165, 1.54) is 0 Å². The summed E-state index contributed by atoms with van der Waals surface area (Å²) >= 11 is 6.24. The number of aromatic nitrogens is 2. The highest BCUT2D eigenvalue weighted by Crippen LogP contribution is 2.25. The number of amides is 1. The molecule has 1 atom stereocenters. The number of rotatable bonds is 5. The Morgan fingerprint density at radius 3 is 3.05 bits per heavy atom. The lowest BCUT2D eigenvalue weighted by atomic mass is 10.0. The fourth-order valence-corrected chi connectivity index (χ4v) is 3.31. The molecule has 2 aromatic rings. The van der Waals surface area contributed by atoms with E-state index in [9.17, 15) is 4.79 Å². The van der Waals surface area contributed by atoms with Crippen LogP contribution in [-0.4, -0.2) is 33.4 Å². The lowest BCUT2D eigenvalue weighted by molar-refractivity contribution is -0.131. The largest absolute Gasteiger partial charge is 0.348 e. The minimum atomic E-state index is 0.226. The second kappa shape index (κ2) is 6.97. The summed E-state index contributed by atoms with van der Waals surface area (Å²) in [6.07, 6.45) is 7.64. The Morgan fingerprint density at radius 2 is 2.27 bits per heavy atom. The first-order chi connectivity index (χ1) is 10.7. The number of hydrogen-bond acceptors (Lipinski definition) is 2. The number of likely N-dealkylation sites (tertiary alicyclic amines) is 1. The highest BCUT2D eigenvalue weighted by molar-refractivity contribution is 6.31. The average molecular weight is 318 g/mol. The van der Waals surface area contributed by atoms with Crippen molar-refractivity contribution in [2.24, 2.45) is 0 Å².